The SMILES string of the molecule is c1ccc(-c2nc(-n3c4cc5ccccc5cc4c4cc5nc6ccccn6c5cc43)nc3ccccc23)cc1. The molecule has 0 spiro atoms. The van der Waals surface area contributed by atoms with Gasteiger partial charge in [0.05, 0.1) is 33.3 Å². The molecule has 0 bridgehead atoms. The van der Waals surface area contributed by atoms with E-state index < -0.39 is 0 Å². The topological polar surface area (TPSA) is 48.0 Å². The maximum Gasteiger partial charge on any atom is 0.235 e. The van der Waals surface area contributed by atoms with Crippen LogP contribution in [0.4, 0.5) is 0 Å². The Morgan fingerprint density at radius 2 is 1.20 bits per heavy atom. The number of para-hydroxylation sites is 1. The number of pyridine rings is 1. The smallest absolute Gasteiger partial charge is 0.235 e. The minimum Gasteiger partial charge on any atom is -0.300 e. The van der Waals surface area contributed by atoms with E-state index in [2.05, 4.69) is 100 Å². The quantitative estimate of drug-likeness (QED) is 0.234. The van der Waals surface area contributed by atoms with Gasteiger partial charge < -0.3 is 0 Å². The third kappa shape index (κ3) is 3.00. The van der Waals surface area contributed by atoms with Crippen molar-refractivity contribution in [3.05, 3.63) is 128 Å². The molecule has 0 saturated carbocycles. The molecule has 0 aliphatic rings. The lowest BCUT2D eigenvalue weighted by molar-refractivity contribution is 1.01. The van der Waals surface area contributed by atoms with Crippen molar-refractivity contribution in [2.75, 3.05) is 0 Å². The Morgan fingerprint density at radius 1 is 0.475 bits per heavy atom. The molecule has 4 aromatic heterocycles. The van der Waals surface area contributed by atoms with Crippen LogP contribution in [0.25, 0.3) is 77.4 Å². The van der Waals surface area contributed by atoms with Gasteiger partial charge in [-0.3, -0.25) is 8.97 Å². The Hall–Kier alpha value is -5.55. The van der Waals surface area contributed by atoms with Gasteiger partial charge in [0.2, 0.25) is 5.95 Å². The van der Waals surface area contributed by atoms with Gasteiger partial charge in [-0.05, 0) is 53.2 Å². The van der Waals surface area contributed by atoms with Gasteiger partial charge in [-0.15, -0.1) is 0 Å². The number of imidazole rings is 1. The van der Waals surface area contributed by atoms with Crippen molar-refractivity contribution in [3.8, 4) is 17.2 Å². The van der Waals surface area contributed by atoms with Crippen LogP contribution in [-0.2, 0) is 0 Å². The molecule has 0 fully saturated rings. The molecule has 186 valence electrons. The standard InChI is InChI=1S/C35H21N5/c1-2-10-22(11-3-1)34-25-14-6-7-15-28(25)37-35(38-34)40-30-19-24-13-5-4-12-23(24)18-26(30)27-20-29-32(21-31(27)40)39-17-9-8-16-33(39)36-29/h1-21H. The van der Waals surface area contributed by atoms with E-state index in [-0.39, 0.29) is 0 Å². The molecule has 5 heteroatoms. The summed E-state index contributed by atoms with van der Waals surface area (Å²) < 4.78 is 4.36. The van der Waals surface area contributed by atoms with Crippen LogP contribution in [0.15, 0.2) is 128 Å². The molecule has 4 heterocycles. The lowest BCUT2D eigenvalue weighted by atomic mass is 10.1. The van der Waals surface area contributed by atoms with Gasteiger partial charge in [-0.25, -0.2) is 15.0 Å². The van der Waals surface area contributed by atoms with Crippen LogP contribution in [-0.4, -0.2) is 23.9 Å². The van der Waals surface area contributed by atoms with E-state index in [0.717, 1.165) is 60.6 Å². The highest BCUT2D eigenvalue weighted by Crippen LogP contribution is 2.37. The third-order valence-electron chi connectivity index (χ3n) is 7.90. The lowest BCUT2D eigenvalue weighted by Gasteiger charge is -2.12. The molecule has 9 rings (SSSR count). The molecule has 0 atom stereocenters. The maximum absolute atomic E-state index is 5.25. The Bertz CT molecular complexity index is 2430. The van der Waals surface area contributed by atoms with Crippen molar-refractivity contribution >= 4 is 60.2 Å². The summed E-state index contributed by atoms with van der Waals surface area (Å²) in [6, 6.07) is 42.2. The van der Waals surface area contributed by atoms with E-state index in [9.17, 15) is 0 Å². The number of rotatable bonds is 2. The summed E-state index contributed by atoms with van der Waals surface area (Å²) in [6.07, 6.45) is 2.07. The number of aromatic nitrogens is 5. The van der Waals surface area contributed by atoms with Crippen LogP contribution in [0.1, 0.15) is 0 Å². The largest absolute Gasteiger partial charge is 0.300 e. The molecule has 40 heavy (non-hydrogen) atoms. The summed E-state index contributed by atoms with van der Waals surface area (Å²) in [6.45, 7) is 0. The second-order valence-corrected chi connectivity index (χ2v) is 10.2. The molecule has 5 nitrogen and oxygen atoms in total. The van der Waals surface area contributed by atoms with Crippen molar-refractivity contribution in [2.45, 2.75) is 0 Å². The molecular formula is C35H21N5. The average Bonchev–Trinajstić information content (AvgIpc) is 3.53. The zero-order valence-corrected chi connectivity index (χ0v) is 21.4. The molecule has 0 amide bonds. The summed E-state index contributed by atoms with van der Waals surface area (Å²) in [7, 11) is 0. The van der Waals surface area contributed by atoms with E-state index in [0.29, 0.717) is 5.95 Å². The zero-order valence-electron chi connectivity index (χ0n) is 21.4. The van der Waals surface area contributed by atoms with E-state index in [1.807, 2.05) is 36.4 Å². The van der Waals surface area contributed by atoms with Crippen molar-refractivity contribution in [3.63, 3.8) is 0 Å². The molecule has 0 N–H and O–H groups in total. The van der Waals surface area contributed by atoms with Crippen molar-refractivity contribution in [1.29, 1.82) is 0 Å². The highest BCUT2D eigenvalue weighted by atomic mass is 15.2. The van der Waals surface area contributed by atoms with Gasteiger partial charge in [0.25, 0.3) is 0 Å². The highest BCUT2D eigenvalue weighted by molar-refractivity contribution is 6.16. The summed E-state index contributed by atoms with van der Waals surface area (Å²) in [4.78, 5) is 15.3. The number of hydrogen-bond acceptors (Lipinski definition) is 3. The van der Waals surface area contributed by atoms with E-state index in [1.165, 1.54) is 10.8 Å². The fraction of sp³-hybridized carbons (Fsp3) is 0. The van der Waals surface area contributed by atoms with E-state index >= 15 is 0 Å². The van der Waals surface area contributed by atoms with Crippen LogP contribution >= 0.6 is 0 Å². The molecule has 0 radical (unpaired) electrons. The monoisotopic (exact) mass is 511 g/mol. The second kappa shape index (κ2) is 7.98. The first kappa shape index (κ1) is 21.4. The number of nitrogens with zero attached hydrogens (tertiary/aromatic N) is 5. The van der Waals surface area contributed by atoms with Gasteiger partial charge in [0, 0.05) is 27.9 Å². The van der Waals surface area contributed by atoms with Gasteiger partial charge in [0.1, 0.15) is 5.65 Å². The van der Waals surface area contributed by atoms with Crippen LogP contribution in [0, 0.1) is 0 Å². The fourth-order valence-corrected chi connectivity index (χ4v) is 6.06. The summed E-state index contributed by atoms with van der Waals surface area (Å²) in [5.74, 6) is 0.654. The minimum absolute atomic E-state index is 0.654. The predicted molar refractivity (Wildman–Crippen MR) is 163 cm³/mol. The first-order chi connectivity index (χ1) is 19.8. The van der Waals surface area contributed by atoms with Crippen LogP contribution < -0.4 is 0 Å². The Labute approximate surface area is 228 Å². The van der Waals surface area contributed by atoms with Crippen molar-refractivity contribution in [2.24, 2.45) is 0 Å². The molecule has 0 saturated heterocycles. The molecule has 0 unspecified atom stereocenters. The number of benzene rings is 5. The van der Waals surface area contributed by atoms with E-state index in [1.54, 1.807) is 0 Å². The molecule has 5 aromatic carbocycles. The van der Waals surface area contributed by atoms with Crippen LogP contribution in [0.2, 0.25) is 0 Å². The molecular weight excluding hydrogens is 490 g/mol. The summed E-state index contributed by atoms with van der Waals surface area (Å²) in [5.41, 5.74) is 7.99. The predicted octanol–water partition coefficient (Wildman–Crippen LogP) is 8.35. The first-order valence-corrected chi connectivity index (χ1v) is 13.4. The minimum atomic E-state index is 0.654. The highest BCUT2D eigenvalue weighted by Gasteiger charge is 2.19. The Balaban J connectivity index is 1.47. The van der Waals surface area contributed by atoms with Crippen LogP contribution in [0.5, 0.6) is 0 Å². The molecule has 0 aliphatic carbocycles. The van der Waals surface area contributed by atoms with Gasteiger partial charge in [0.15, 0.2) is 0 Å². The van der Waals surface area contributed by atoms with Crippen molar-refractivity contribution < 1.29 is 0 Å². The zero-order chi connectivity index (χ0) is 26.2. The molecule has 9 aromatic rings. The lowest BCUT2D eigenvalue weighted by Crippen LogP contribution is -2.03. The van der Waals surface area contributed by atoms with E-state index in [4.69, 9.17) is 15.0 Å². The first-order valence-electron chi connectivity index (χ1n) is 13.4. The Morgan fingerprint density at radius 3 is 2.10 bits per heavy atom. The number of fused-ring (bicyclic) bond motifs is 8. The maximum atomic E-state index is 5.25. The summed E-state index contributed by atoms with van der Waals surface area (Å²) in [5, 5.41) is 5.71. The summed E-state index contributed by atoms with van der Waals surface area (Å²) >= 11 is 0. The van der Waals surface area contributed by atoms with Gasteiger partial charge in [-0.1, -0.05) is 78.9 Å². The normalized spacial score (nSPS) is 12.0. The third-order valence-corrected chi connectivity index (χ3v) is 7.90. The Kier molecular flexibility index (Phi) is 4.27. The van der Waals surface area contributed by atoms with Gasteiger partial charge in [-0.2, -0.15) is 0 Å². The molecule has 0 aliphatic heterocycles. The van der Waals surface area contributed by atoms with Crippen LogP contribution in [0.3, 0.4) is 0 Å². The van der Waals surface area contributed by atoms with Crippen molar-refractivity contribution in [1.82, 2.24) is 23.9 Å². The fourth-order valence-electron chi connectivity index (χ4n) is 6.06. The average molecular weight is 512 g/mol. The second-order valence-electron chi connectivity index (χ2n) is 10.2. The van der Waals surface area contributed by atoms with Gasteiger partial charge >= 0.3 is 0 Å². The number of hydrogen-bond donors (Lipinski definition) is 0.